The molecule has 0 spiro atoms. The van der Waals surface area contributed by atoms with Gasteiger partial charge in [-0.05, 0) is 55.3 Å². The van der Waals surface area contributed by atoms with E-state index in [-0.39, 0.29) is 5.91 Å². The van der Waals surface area contributed by atoms with Crippen molar-refractivity contribution in [2.24, 2.45) is 0 Å². The number of amides is 1. The summed E-state index contributed by atoms with van der Waals surface area (Å²) >= 11 is 1.43. The van der Waals surface area contributed by atoms with Gasteiger partial charge in [0.2, 0.25) is 0 Å². The summed E-state index contributed by atoms with van der Waals surface area (Å²) in [6.07, 6.45) is 0. The summed E-state index contributed by atoms with van der Waals surface area (Å²) in [6, 6.07) is 11.2. The molecule has 0 bridgehead atoms. The predicted molar refractivity (Wildman–Crippen MR) is 109 cm³/mol. The Kier molecular flexibility index (Phi) is 5.46. The first-order valence-electron chi connectivity index (χ1n) is 8.48. The topological polar surface area (TPSA) is 51.7 Å². The second-order valence-electron chi connectivity index (χ2n) is 6.23. The van der Waals surface area contributed by atoms with Crippen molar-refractivity contribution >= 4 is 22.4 Å². The maximum absolute atomic E-state index is 12.8. The molecule has 0 N–H and O–H groups in total. The Hall–Kier alpha value is -2.86. The first-order valence-corrected chi connectivity index (χ1v) is 9.35. The van der Waals surface area contributed by atoms with Gasteiger partial charge >= 0.3 is 0 Å². The third-order valence-electron chi connectivity index (χ3n) is 4.54. The fourth-order valence-electron chi connectivity index (χ4n) is 2.77. The van der Waals surface area contributed by atoms with Crippen molar-refractivity contribution in [3.63, 3.8) is 0 Å². The van der Waals surface area contributed by atoms with Gasteiger partial charge in [-0.2, -0.15) is 0 Å². The quantitative estimate of drug-likeness (QED) is 0.641. The van der Waals surface area contributed by atoms with Gasteiger partial charge in [-0.15, -0.1) is 11.3 Å². The fraction of sp³-hybridized carbons (Fsp3) is 0.238. The highest BCUT2D eigenvalue weighted by atomic mass is 32.1. The average molecular weight is 382 g/mol. The number of hydrogen-bond acceptors (Lipinski definition) is 5. The van der Waals surface area contributed by atoms with Crippen molar-refractivity contribution in [3.8, 4) is 22.8 Å². The van der Waals surface area contributed by atoms with Crippen LogP contribution in [0.4, 0.5) is 5.13 Å². The zero-order valence-electron chi connectivity index (χ0n) is 16.1. The van der Waals surface area contributed by atoms with Gasteiger partial charge in [0.1, 0.15) is 11.5 Å². The molecule has 1 aromatic heterocycles. The van der Waals surface area contributed by atoms with Crippen molar-refractivity contribution in [1.82, 2.24) is 4.98 Å². The van der Waals surface area contributed by atoms with Crippen LogP contribution in [0, 0.1) is 13.8 Å². The number of benzene rings is 2. The highest BCUT2D eigenvalue weighted by Crippen LogP contribution is 2.32. The minimum atomic E-state index is -0.132. The molecule has 0 fully saturated rings. The number of carbonyl (C=O) groups is 1. The van der Waals surface area contributed by atoms with E-state index in [0.717, 1.165) is 28.1 Å². The van der Waals surface area contributed by atoms with E-state index in [4.69, 9.17) is 9.47 Å². The van der Waals surface area contributed by atoms with Crippen molar-refractivity contribution in [3.05, 3.63) is 58.5 Å². The van der Waals surface area contributed by atoms with E-state index in [1.165, 1.54) is 11.3 Å². The number of hydrogen-bond donors (Lipinski definition) is 0. The Morgan fingerprint density at radius 3 is 2.59 bits per heavy atom. The Morgan fingerprint density at radius 1 is 1.11 bits per heavy atom. The van der Waals surface area contributed by atoms with Crippen LogP contribution in [0.3, 0.4) is 0 Å². The summed E-state index contributed by atoms with van der Waals surface area (Å²) in [5.74, 6) is 1.35. The number of carbonyl (C=O) groups excluding carboxylic acids is 1. The third kappa shape index (κ3) is 3.80. The smallest absolute Gasteiger partial charge is 0.259 e. The maximum Gasteiger partial charge on any atom is 0.259 e. The van der Waals surface area contributed by atoms with Crippen LogP contribution < -0.4 is 14.4 Å². The highest BCUT2D eigenvalue weighted by molar-refractivity contribution is 7.14. The lowest BCUT2D eigenvalue weighted by Gasteiger charge is -2.14. The van der Waals surface area contributed by atoms with Crippen LogP contribution in [0.25, 0.3) is 11.3 Å². The number of anilines is 1. The molecule has 0 atom stereocenters. The number of ether oxygens (including phenoxy) is 2. The van der Waals surface area contributed by atoms with Crippen LogP contribution in [-0.2, 0) is 0 Å². The largest absolute Gasteiger partial charge is 0.497 e. The average Bonchev–Trinajstić information content (AvgIpc) is 3.19. The van der Waals surface area contributed by atoms with Gasteiger partial charge in [-0.25, -0.2) is 4.98 Å². The van der Waals surface area contributed by atoms with Crippen molar-refractivity contribution in [2.75, 3.05) is 26.2 Å². The molecule has 0 saturated heterocycles. The molecular formula is C21H22N2O3S. The molecule has 5 nitrogen and oxygen atoms in total. The van der Waals surface area contributed by atoms with Crippen LogP contribution in [0.15, 0.2) is 41.8 Å². The lowest BCUT2D eigenvalue weighted by atomic mass is 10.0. The number of aryl methyl sites for hydroxylation is 1. The number of thiazole rings is 1. The lowest BCUT2D eigenvalue weighted by molar-refractivity contribution is 0.0992. The van der Waals surface area contributed by atoms with E-state index in [1.807, 2.05) is 31.4 Å². The summed E-state index contributed by atoms with van der Waals surface area (Å²) in [5, 5.41) is 2.59. The fourth-order valence-corrected chi connectivity index (χ4v) is 3.57. The molecule has 3 rings (SSSR count). The van der Waals surface area contributed by atoms with Crippen LogP contribution in [0.1, 0.15) is 21.5 Å². The van der Waals surface area contributed by atoms with Crippen molar-refractivity contribution < 1.29 is 14.3 Å². The van der Waals surface area contributed by atoms with Gasteiger partial charge in [-0.1, -0.05) is 6.07 Å². The van der Waals surface area contributed by atoms with E-state index in [1.54, 1.807) is 44.4 Å². The van der Waals surface area contributed by atoms with Crippen LogP contribution in [0.5, 0.6) is 11.5 Å². The van der Waals surface area contributed by atoms with Gasteiger partial charge in [0.15, 0.2) is 5.13 Å². The summed E-state index contributed by atoms with van der Waals surface area (Å²) in [6.45, 7) is 4.08. The standard InChI is InChI=1S/C21H22N2O3S/c1-13-9-16(11-19(26-5)14(13)2)18-12-27-21(22-18)23(3)20(24)15-7-6-8-17(10-15)25-4/h6-12H,1-5H3. The maximum atomic E-state index is 12.8. The number of nitrogens with zero attached hydrogens (tertiary/aromatic N) is 2. The first-order chi connectivity index (χ1) is 12.9. The summed E-state index contributed by atoms with van der Waals surface area (Å²) in [4.78, 5) is 19.0. The Morgan fingerprint density at radius 2 is 1.89 bits per heavy atom. The molecule has 27 heavy (non-hydrogen) atoms. The SMILES string of the molecule is COc1cccc(C(=O)N(C)c2nc(-c3cc(C)c(C)c(OC)c3)cs2)c1. The second kappa shape index (κ2) is 7.80. The van der Waals surface area contributed by atoms with Gasteiger partial charge in [-0.3, -0.25) is 9.69 Å². The third-order valence-corrected chi connectivity index (χ3v) is 5.45. The van der Waals surface area contributed by atoms with Crippen LogP contribution in [-0.4, -0.2) is 32.2 Å². The van der Waals surface area contributed by atoms with E-state index in [2.05, 4.69) is 11.1 Å². The molecule has 0 saturated carbocycles. The minimum absolute atomic E-state index is 0.132. The van der Waals surface area contributed by atoms with E-state index in [0.29, 0.717) is 16.4 Å². The molecular weight excluding hydrogens is 360 g/mol. The molecule has 1 amide bonds. The number of aromatic nitrogens is 1. The van der Waals surface area contributed by atoms with Gasteiger partial charge in [0.25, 0.3) is 5.91 Å². The zero-order valence-corrected chi connectivity index (χ0v) is 16.9. The van der Waals surface area contributed by atoms with Gasteiger partial charge < -0.3 is 9.47 Å². The zero-order chi connectivity index (χ0) is 19.6. The monoisotopic (exact) mass is 382 g/mol. The van der Waals surface area contributed by atoms with Gasteiger partial charge in [0, 0.05) is 23.6 Å². The summed E-state index contributed by atoms with van der Waals surface area (Å²) in [5.41, 5.74) is 4.60. The molecule has 140 valence electrons. The summed E-state index contributed by atoms with van der Waals surface area (Å²) < 4.78 is 10.7. The summed E-state index contributed by atoms with van der Waals surface area (Å²) in [7, 11) is 4.97. The second-order valence-corrected chi connectivity index (χ2v) is 7.07. The Labute approximate surface area is 163 Å². The highest BCUT2D eigenvalue weighted by Gasteiger charge is 2.18. The van der Waals surface area contributed by atoms with Gasteiger partial charge in [0.05, 0.1) is 19.9 Å². The predicted octanol–water partition coefficient (Wildman–Crippen LogP) is 4.72. The van der Waals surface area contributed by atoms with Crippen molar-refractivity contribution in [1.29, 1.82) is 0 Å². The van der Waals surface area contributed by atoms with E-state index < -0.39 is 0 Å². The molecule has 0 unspecified atom stereocenters. The van der Waals surface area contributed by atoms with E-state index >= 15 is 0 Å². The molecule has 2 aromatic carbocycles. The number of methoxy groups -OCH3 is 2. The molecule has 0 radical (unpaired) electrons. The Bertz CT molecular complexity index is 981. The molecule has 0 aliphatic heterocycles. The lowest BCUT2D eigenvalue weighted by Crippen LogP contribution is -2.26. The minimum Gasteiger partial charge on any atom is -0.497 e. The molecule has 1 heterocycles. The number of rotatable bonds is 5. The van der Waals surface area contributed by atoms with Crippen LogP contribution >= 0.6 is 11.3 Å². The Balaban J connectivity index is 1.89. The molecule has 0 aliphatic rings. The normalized spacial score (nSPS) is 10.6. The van der Waals surface area contributed by atoms with E-state index in [9.17, 15) is 4.79 Å². The molecule has 0 aliphatic carbocycles. The molecule has 3 aromatic rings. The van der Waals surface area contributed by atoms with Crippen molar-refractivity contribution in [2.45, 2.75) is 13.8 Å². The van der Waals surface area contributed by atoms with Crippen LogP contribution in [0.2, 0.25) is 0 Å². The molecule has 6 heteroatoms. The first kappa shape index (κ1) is 18.9.